The van der Waals surface area contributed by atoms with Gasteiger partial charge in [-0.3, -0.25) is 14.4 Å². The molecule has 3 fully saturated rings. The molecule has 8 nitrogen and oxygen atoms in total. The lowest BCUT2D eigenvalue weighted by Gasteiger charge is -2.43. The monoisotopic (exact) mass is 537 g/mol. The number of aliphatic hydroxyl groups excluding tert-OH is 1. The fraction of sp³-hybridized carbons (Fsp3) is 0.581. The van der Waals surface area contributed by atoms with Crippen molar-refractivity contribution in [3.63, 3.8) is 0 Å². The second-order valence-corrected chi connectivity index (χ2v) is 11.9. The van der Waals surface area contributed by atoms with Crippen LogP contribution in [0.3, 0.4) is 0 Å². The molecule has 2 unspecified atom stereocenters. The van der Waals surface area contributed by atoms with E-state index in [1.54, 1.807) is 26.9 Å². The van der Waals surface area contributed by atoms with Crippen molar-refractivity contribution in [3.05, 3.63) is 61.2 Å². The van der Waals surface area contributed by atoms with Crippen LogP contribution in [0.1, 0.15) is 52.5 Å². The van der Waals surface area contributed by atoms with Crippen LogP contribution >= 0.6 is 0 Å². The number of nitrogens with zero attached hydrogens (tertiary/aromatic N) is 3. The number of aliphatic hydroxyl groups is 1. The topological polar surface area (TPSA) is 90.4 Å². The molecule has 6 atom stereocenters. The first-order chi connectivity index (χ1) is 18.5. The first kappa shape index (κ1) is 29.0. The summed E-state index contributed by atoms with van der Waals surface area (Å²) in [6, 6.07) is 8.25. The smallest absolute Gasteiger partial charge is 0.249 e. The fourth-order valence-electron chi connectivity index (χ4n) is 6.83. The molecular weight excluding hydrogens is 494 g/mol. The zero-order valence-corrected chi connectivity index (χ0v) is 23.7. The number of hydrogen-bond donors (Lipinski definition) is 1. The van der Waals surface area contributed by atoms with E-state index in [9.17, 15) is 19.5 Å². The van der Waals surface area contributed by atoms with Crippen LogP contribution in [0.4, 0.5) is 0 Å². The summed E-state index contributed by atoms with van der Waals surface area (Å²) >= 11 is 0. The molecule has 212 valence electrons. The number of amides is 3. The molecule has 3 aliphatic heterocycles. The highest BCUT2D eigenvalue weighted by Gasteiger charge is 2.75. The van der Waals surface area contributed by atoms with E-state index in [4.69, 9.17) is 4.74 Å². The summed E-state index contributed by atoms with van der Waals surface area (Å²) in [5.74, 6) is -2.15. The predicted molar refractivity (Wildman–Crippen MR) is 149 cm³/mol. The van der Waals surface area contributed by atoms with Crippen molar-refractivity contribution in [1.29, 1.82) is 0 Å². The van der Waals surface area contributed by atoms with Crippen LogP contribution in [0.5, 0.6) is 0 Å². The third kappa shape index (κ3) is 4.93. The summed E-state index contributed by atoms with van der Waals surface area (Å²) in [6.07, 6.45) is 4.51. The average Bonchev–Trinajstić information content (AvgIpc) is 3.55. The van der Waals surface area contributed by atoms with Crippen molar-refractivity contribution in [2.24, 2.45) is 11.8 Å². The average molecular weight is 538 g/mol. The lowest BCUT2D eigenvalue weighted by Crippen LogP contribution is -2.61. The first-order valence-electron chi connectivity index (χ1n) is 14.0. The summed E-state index contributed by atoms with van der Waals surface area (Å²) in [4.78, 5) is 47.8. The van der Waals surface area contributed by atoms with Gasteiger partial charge in [0.25, 0.3) is 0 Å². The third-order valence-corrected chi connectivity index (χ3v) is 8.60. The third-order valence-electron chi connectivity index (χ3n) is 8.60. The van der Waals surface area contributed by atoms with Crippen LogP contribution in [-0.4, -0.2) is 86.6 Å². The SMILES string of the molecule is C=CCN(Cc1ccccc1)C(=O)[C@@H]1[C@@H]2CCC3(O2)C(C(=O)N(CC=C)C(C)(C)C)N([C@@H](CC)CO)C(=O)[C@H]13. The molecule has 3 saturated heterocycles. The van der Waals surface area contributed by atoms with E-state index in [2.05, 4.69) is 13.2 Å². The van der Waals surface area contributed by atoms with Gasteiger partial charge in [-0.05, 0) is 45.6 Å². The van der Waals surface area contributed by atoms with E-state index < -0.39 is 41.2 Å². The van der Waals surface area contributed by atoms with Gasteiger partial charge in [-0.1, -0.05) is 49.4 Å². The van der Waals surface area contributed by atoms with Crippen molar-refractivity contribution in [3.8, 4) is 0 Å². The maximum atomic E-state index is 14.4. The minimum Gasteiger partial charge on any atom is -0.394 e. The predicted octanol–water partition coefficient (Wildman–Crippen LogP) is 3.16. The highest BCUT2D eigenvalue weighted by molar-refractivity contribution is 5.99. The fourth-order valence-corrected chi connectivity index (χ4v) is 6.83. The molecule has 4 rings (SSSR count). The first-order valence-corrected chi connectivity index (χ1v) is 14.0. The molecular formula is C31H43N3O5. The quantitative estimate of drug-likeness (QED) is 0.438. The van der Waals surface area contributed by atoms with Crippen molar-refractivity contribution in [1.82, 2.24) is 14.7 Å². The van der Waals surface area contributed by atoms with Gasteiger partial charge in [0.05, 0.1) is 30.6 Å². The Balaban J connectivity index is 1.76. The molecule has 8 heteroatoms. The van der Waals surface area contributed by atoms with Gasteiger partial charge in [-0.2, -0.15) is 0 Å². The second-order valence-electron chi connectivity index (χ2n) is 11.9. The van der Waals surface area contributed by atoms with E-state index in [1.807, 2.05) is 58.0 Å². The van der Waals surface area contributed by atoms with E-state index in [0.717, 1.165) is 5.56 Å². The van der Waals surface area contributed by atoms with Gasteiger partial charge in [0.1, 0.15) is 11.6 Å². The van der Waals surface area contributed by atoms with Crippen molar-refractivity contribution >= 4 is 17.7 Å². The Labute approximate surface area is 232 Å². The molecule has 0 aromatic heterocycles. The standard InChI is InChI=1S/C31H43N3O5/c1-7-17-32(19-21-13-11-10-12-14-21)27(36)24-23-15-16-31(39-23)25(24)28(37)34(22(9-3)20-35)26(31)29(38)33(18-8-2)30(4,5)6/h7-8,10-14,22-26,35H,1-2,9,15-20H2,3-6H3/t22-,23-,24+,25-,26?,31?/m0/s1. The van der Waals surface area contributed by atoms with Crippen molar-refractivity contribution in [2.75, 3.05) is 19.7 Å². The normalized spacial score (nSPS) is 28.2. The van der Waals surface area contributed by atoms with Crippen LogP contribution in [-0.2, 0) is 25.7 Å². The van der Waals surface area contributed by atoms with Gasteiger partial charge in [-0.25, -0.2) is 0 Å². The minimum atomic E-state index is -1.11. The van der Waals surface area contributed by atoms with Crippen LogP contribution in [0.2, 0.25) is 0 Å². The molecule has 1 aromatic rings. The molecule has 3 amide bonds. The number of hydrogen-bond acceptors (Lipinski definition) is 5. The largest absolute Gasteiger partial charge is 0.394 e. The Morgan fingerprint density at radius 3 is 2.41 bits per heavy atom. The number of fused-ring (bicyclic) bond motifs is 1. The molecule has 1 aromatic carbocycles. The number of carbonyl (C=O) groups is 3. The number of rotatable bonds is 11. The van der Waals surface area contributed by atoms with Gasteiger partial charge >= 0.3 is 0 Å². The van der Waals surface area contributed by atoms with E-state index in [-0.39, 0.29) is 24.3 Å². The highest BCUT2D eigenvalue weighted by Crippen LogP contribution is 2.59. The van der Waals surface area contributed by atoms with E-state index in [0.29, 0.717) is 38.9 Å². The van der Waals surface area contributed by atoms with Gasteiger partial charge in [-0.15, -0.1) is 13.2 Å². The summed E-state index contributed by atoms with van der Waals surface area (Å²) in [6.45, 7) is 16.2. The highest BCUT2D eigenvalue weighted by atomic mass is 16.5. The van der Waals surface area contributed by atoms with Gasteiger partial charge in [0.15, 0.2) is 0 Å². The van der Waals surface area contributed by atoms with Gasteiger partial charge in [0, 0.05) is 25.2 Å². The van der Waals surface area contributed by atoms with E-state index in [1.165, 1.54) is 0 Å². The Morgan fingerprint density at radius 1 is 1.18 bits per heavy atom. The molecule has 1 N–H and O–H groups in total. The summed E-state index contributed by atoms with van der Waals surface area (Å²) in [7, 11) is 0. The van der Waals surface area contributed by atoms with Crippen LogP contribution in [0.25, 0.3) is 0 Å². The maximum absolute atomic E-state index is 14.4. The summed E-state index contributed by atoms with van der Waals surface area (Å²) in [5, 5.41) is 10.3. The molecule has 1 spiro atoms. The molecule has 3 aliphatic rings. The zero-order chi connectivity index (χ0) is 28.5. The Bertz CT molecular complexity index is 1100. The van der Waals surface area contributed by atoms with Gasteiger partial charge in [0.2, 0.25) is 17.7 Å². The van der Waals surface area contributed by atoms with Crippen molar-refractivity contribution < 1.29 is 24.2 Å². The number of benzene rings is 1. The molecule has 2 bridgehead atoms. The second kappa shape index (κ2) is 11.3. The van der Waals surface area contributed by atoms with E-state index >= 15 is 0 Å². The maximum Gasteiger partial charge on any atom is 0.249 e. The molecule has 0 saturated carbocycles. The lowest BCUT2D eigenvalue weighted by molar-refractivity contribution is -0.154. The van der Waals surface area contributed by atoms with Gasteiger partial charge < -0.3 is 24.5 Å². The summed E-state index contributed by atoms with van der Waals surface area (Å²) < 4.78 is 6.62. The Kier molecular flexibility index (Phi) is 8.38. The molecule has 3 heterocycles. The number of likely N-dealkylation sites (tertiary alicyclic amines) is 1. The zero-order valence-electron chi connectivity index (χ0n) is 23.7. The number of ether oxygens (including phenoxy) is 1. The van der Waals surface area contributed by atoms with Crippen LogP contribution in [0, 0.1) is 11.8 Å². The van der Waals surface area contributed by atoms with Crippen LogP contribution < -0.4 is 0 Å². The molecule has 39 heavy (non-hydrogen) atoms. The summed E-state index contributed by atoms with van der Waals surface area (Å²) in [5.41, 5.74) is -0.660. The number of carbonyl (C=O) groups excluding carboxylic acids is 3. The molecule has 0 radical (unpaired) electrons. The molecule has 0 aliphatic carbocycles. The Morgan fingerprint density at radius 2 is 1.85 bits per heavy atom. The minimum absolute atomic E-state index is 0.160. The lowest BCUT2D eigenvalue weighted by atomic mass is 9.70. The van der Waals surface area contributed by atoms with Crippen molar-refractivity contribution in [2.45, 2.75) is 82.8 Å². The Hall–Kier alpha value is -2.97. The van der Waals surface area contributed by atoms with Crippen LogP contribution in [0.15, 0.2) is 55.6 Å².